The average Bonchev–Trinajstić information content (AvgIpc) is 2.23. The SMILES string of the molecule is CC1CN(c2ccccc2F)CCC1N. The molecular formula is C12H17FN2. The lowest BCUT2D eigenvalue weighted by atomic mass is 9.94. The van der Waals surface area contributed by atoms with Crippen LogP contribution in [0.2, 0.25) is 0 Å². The first-order chi connectivity index (χ1) is 7.18. The summed E-state index contributed by atoms with van der Waals surface area (Å²) in [4.78, 5) is 2.09. The Morgan fingerprint density at radius 2 is 2.13 bits per heavy atom. The van der Waals surface area contributed by atoms with Crippen molar-refractivity contribution in [2.45, 2.75) is 19.4 Å². The standard InChI is InChI=1S/C12H17FN2/c1-9-8-15(7-6-11(9)14)12-5-3-2-4-10(12)13/h2-5,9,11H,6-8,14H2,1H3. The second kappa shape index (κ2) is 4.19. The van der Waals surface area contributed by atoms with Crippen LogP contribution < -0.4 is 10.6 Å². The summed E-state index contributed by atoms with van der Waals surface area (Å²) in [5, 5.41) is 0. The van der Waals surface area contributed by atoms with E-state index in [1.165, 1.54) is 6.07 Å². The average molecular weight is 208 g/mol. The summed E-state index contributed by atoms with van der Waals surface area (Å²) in [6.07, 6.45) is 0.940. The molecule has 2 nitrogen and oxygen atoms in total. The fourth-order valence-electron chi connectivity index (χ4n) is 2.09. The molecule has 0 amide bonds. The Morgan fingerprint density at radius 1 is 1.40 bits per heavy atom. The van der Waals surface area contributed by atoms with Crippen LogP contribution in [0.5, 0.6) is 0 Å². The number of para-hydroxylation sites is 1. The Bertz CT molecular complexity index is 340. The summed E-state index contributed by atoms with van der Waals surface area (Å²) in [6.45, 7) is 3.83. The molecule has 0 radical (unpaired) electrons. The molecule has 3 heteroatoms. The first kappa shape index (κ1) is 10.4. The molecule has 0 aliphatic carbocycles. The predicted octanol–water partition coefficient (Wildman–Crippen LogP) is 2.00. The molecule has 1 saturated heterocycles. The van der Waals surface area contributed by atoms with Crippen molar-refractivity contribution in [3.05, 3.63) is 30.1 Å². The number of halogens is 1. The van der Waals surface area contributed by atoms with Gasteiger partial charge in [-0.3, -0.25) is 0 Å². The Balaban J connectivity index is 2.15. The van der Waals surface area contributed by atoms with Crippen molar-refractivity contribution in [1.29, 1.82) is 0 Å². The smallest absolute Gasteiger partial charge is 0.146 e. The summed E-state index contributed by atoms with van der Waals surface area (Å²) >= 11 is 0. The summed E-state index contributed by atoms with van der Waals surface area (Å²) < 4.78 is 13.5. The van der Waals surface area contributed by atoms with Crippen LogP contribution in [0.3, 0.4) is 0 Å². The van der Waals surface area contributed by atoms with Crippen LogP contribution in [0, 0.1) is 11.7 Å². The molecule has 0 bridgehead atoms. The van der Waals surface area contributed by atoms with Gasteiger partial charge < -0.3 is 10.6 Å². The maximum absolute atomic E-state index is 13.5. The van der Waals surface area contributed by atoms with Gasteiger partial charge in [0.2, 0.25) is 0 Å². The van der Waals surface area contributed by atoms with Crippen molar-refractivity contribution in [3.8, 4) is 0 Å². The molecule has 82 valence electrons. The van der Waals surface area contributed by atoms with E-state index in [2.05, 4.69) is 11.8 Å². The normalized spacial score (nSPS) is 26.7. The van der Waals surface area contributed by atoms with Gasteiger partial charge in [-0.15, -0.1) is 0 Å². The molecule has 1 aromatic carbocycles. The highest BCUT2D eigenvalue weighted by Crippen LogP contribution is 2.24. The summed E-state index contributed by atoms with van der Waals surface area (Å²) in [6, 6.07) is 7.19. The summed E-state index contributed by atoms with van der Waals surface area (Å²) in [7, 11) is 0. The number of piperidine rings is 1. The molecule has 1 aromatic rings. The minimum Gasteiger partial charge on any atom is -0.369 e. The third-order valence-corrected chi connectivity index (χ3v) is 3.16. The van der Waals surface area contributed by atoms with Gasteiger partial charge in [0.25, 0.3) is 0 Å². The molecule has 0 spiro atoms. The van der Waals surface area contributed by atoms with Crippen molar-refractivity contribution in [2.75, 3.05) is 18.0 Å². The second-order valence-corrected chi connectivity index (χ2v) is 4.33. The summed E-state index contributed by atoms with van der Waals surface area (Å²) in [5.41, 5.74) is 6.64. The first-order valence-electron chi connectivity index (χ1n) is 5.43. The number of nitrogens with two attached hydrogens (primary N) is 1. The van der Waals surface area contributed by atoms with Crippen molar-refractivity contribution in [2.24, 2.45) is 11.7 Å². The Morgan fingerprint density at radius 3 is 2.80 bits per heavy atom. The van der Waals surface area contributed by atoms with Gasteiger partial charge in [-0.25, -0.2) is 4.39 Å². The lowest BCUT2D eigenvalue weighted by Crippen LogP contribution is -2.46. The van der Waals surface area contributed by atoms with Crippen LogP contribution >= 0.6 is 0 Å². The van der Waals surface area contributed by atoms with E-state index in [-0.39, 0.29) is 11.9 Å². The van der Waals surface area contributed by atoms with Gasteiger partial charge >= 0.3 is 0 Å². The fraction of sp³-hybridized carbons (Fsp3) is 0.500. The van der Waals surface area contributed by atoms with E-state index in [4.69, 9.17) is 5.73 Å². The molecular weight excluding hydrogens is 191 g/mol. The lowest BCUT2D eigenvalue weighted by Gasteiger charge is -2.36. The molecule has 0 aromatic heterocycles. The quantitative estimate of drug-likeness (QED) is 0.765. The van der Waals surface area contributed by atoms with Crippen LogP contribution in [0.15, 0.2) is 24.3 Å². The summed E-state index contributed by atoms with van der Waals surface area (Å²) in [5.74, 6) is 0.290. The molecule has 1 aliphatic heterocycles. The number of hydrogen-bond donors (Lipinski definition) is 1. The maximum atomic E-state index is 13.5. The number of anilines is 1. The largest absolute Gasteiger partial charge is 0.369 e. The zero-order valence-corrected chi connectivity index (χ0v) is 8.99. The third kappa shape index (κ3) is 2.12. The minimum absolute atomic E-state index is 0.139. The molecule has 2 N–H and O–H groups in total. The first-order valence-corrected chi connectivity index (χ1v) is 5.43. The minimum atomic E-state index is -0.139. The Labute approximate surface area is 89.9 Å². The van der Waals surface area contributed by atoms with Gasteiger partial charge in [-0.2, -0.15) is 0 Å². The van der Waals surface area contributed by atoms with E-state index < -0.39 is 0 Å². The van der Waals surface area contributed by atoms with Crippen molar-refractivity contribution < 1.29 is 4.39 Å². The molecule has 2 atom stereocenters. The molecule has 2 rings (SSSR count). The Hall–Kier alpha value is -1.09. The van der Waals surface area contributed by atoms with E-state index in [0.717, 1.165) is 19.5 Å². The van der Waals surface area contributed by atoms with E-state index in [1.807, 2.05) is 12.1 Å². The topological polar surface area (TPSA) is 29.3 Å². The van der Waals surface area contributed by atoms with Crippen LogP contribution in [-0.4, -0.2) is 19.1 Å². The molecule has 2 unspecified atom stereocenters. The lowest BCUT2D eigenvalue weighted by molar-refractivity contribution is 0.380. The number of benzene rings is 1. The zero-order chi connectivity index (χ0) is 10.8. The fourth-order valence-corrected chi connectivity index (χ4v) is 2.09. The second-order valence-electron chi connectivity index (χ2n) is 4.33. The monoisotopic (exact) mass is 208 g/mol. The third-order valence-electron chi connectivity index (χ3n) is 3.16. The van der Waals surface area contributed by atoms with Crippen molar-refractivity contribution >= 4 is 5.69 Å². The van der Waals surface area contributed by atoms with Gasteiger partial charge in [0.1, 0.15) is 5.82 Å². The van der Waals surface area contributed by atoms with Crippen molar-refractivity contribution in [3.63, 3.8) is 0 Å². The number of nitrogens with zero attached hydrogens (tertiary/aromatic N) is 1. The molecule has 1 heterocycles. The highest BCUT2D eigenvalue weighted by molar-refractivity contribution is 5.48. The number of rotatable bonds is 1. The Kier molecular flexibility index (Phi) is 2.91. The molecule has 1 fully saturated rings. The maximum Gasteiger partial charge on any atom is 0.146 e. The van der Waals surface area contributed by atoms with Gasteiger partial charge in [-0.05, 0) is 24.5 Å². The van der Waals surface area contributed by atoms with Crippen LogP contribution in [0.25, 0.3) is 0 Å². The van der Waals surface area contributed by atoms with Gasteiger partial charge in [0.05, 0.1) is 5.69 Å². The zero-order valence-electron chi connectivity index (χ0n) is 8.99. The van der Waals surface area contributed by atoms with Crippen LogP contribution in [0.1, 0.15) is 13.3 Å². The van der Waals surface area contributed by atoms with Crippen LogP contribution in [0.4, 0.5) is 10.1 Å². The van der Waals surface area contributed by atoms with Gasteiger partial charge in [0, 0.05) is 19.1 Å². The van der Waals surface area contributed by atoms with Crippen molar-refractivity contribution in [1.82, 2.24) is 0 Å². The number of hydrogen-bond acceptors (Lipinski definition) is 2. The predicted molar refractivity (Wildman–Crippen MR) is 60.4 cm³/mol. The van der Waals surface area contributed by atoms with Gasteiger partial charge in [0.15, 0.2) is 0 Å². The van der Waals surface area contributed by atoms with Gasteiger partial charge in [-0.1, -0.05) is 19.1 Å². The highest BCUT2D eigenvalue weighted by Gasteiger charge is 2.24. The van der Waals surface area contributed by atoms with E-state index in [1.54, 1.807) is 6.07 Å². The van der Waals surface area contributed by atoms with E-state index in [0.29, 0.717) is 11.6 Å². The van der Waals surface area contributed by atoms with E-state index >= 15 is 0 Å². The van der Waals surface area contributed by atoms with E-state index in [9.17, 15) is 4.39 Å². The molecule has 0 saturated carbocycles. The van der Waals surface area contributed by atoms with Crippen LogP contribution in [-0.2, 0) is 0 Å². The molecule has 15 heavy (non-hydrogen) atoms. The highest BCUT2D eigenvalue weighted by atomic mass is 19.1. The molecule has 1 aliphatic rings.